The fourth-order valence-electron chi connectivity index (χ4n) is 2.08. The Morgan fingerprint density at radius 1 is 1.20 bits per heavy atom. The zero-order valence-corrected chi connectivity index (χ0v) is 9.03. The molecule has 1 aliphatic rings. The van der Waals surface area contributed by atoms with Crippen LogP contribution >= 0.6 is 0 Å². The van der Waals surface area contributed by atoms with Crippen molar-refractivity contribution < 1.29 is 18.9 Å². The second-order valence-electron chi connectivity index (χ2n) is 3.82. The van der Waals surface area contributed by atoms with Crippen LogP contribution in [0.25, 0.3) is 10.9 Å². The van der Waals surface area contributed by atoms with E-state index in [0.717, 1.165) is 5.52 Å². The molecule has 1 aliphatic carbocycles. The molecule has 2 aromatic rings. The van der Waals surface area contributed by atoms with E-state index in [4.69, 9.17) is 0 Å². The predicted octanol–water partition coefficient (Wildman–Crippen LogP) is 0.127. The molecule has 0 atom stereocenters. The van der Waals surface area contributed by atoms with Crippen molar-refractivity contribution in [3.05, 3.63) is 48.0 Å². The number of aromatic nitrogens is 1. The third kappa shape index (κ3) is 1.91. The number of rotatable bonds is 0. The van der Waals surface area contributed by atoms with Gasteiger partial charge in [-0.1, -0.05) is 36.7 Å². The predicted molar refractivity (Wildman–Crippen MR) is 58.1 cm³/mol. The van der Waals surface area contributed by atoms with Gasteiger partial charge in [0.1, 0.15) is 0 Å². The number of fused-ring (bicyclic) bond motifs is 2. The van der Waals surface area contributed by atoms with E-state index in [0.29, 0.717) is 0 Å². The van der Waals surface area contributed by atoms with Gasteiger partial charge in [-0.2, -0.15) is 5.56 Å². The molecule has 0 radical (unpaired) electrons. The minimum absolute atomic E-state index is 0. The number of para-hydroxylation sites is 1. The van der Waals surface area contributed by atoms with E-state index in [1.165, 1.54) is 35.9 Å². The third-order valence-electron chi connectivity index (χ3n) is 2.82. The monoisotopic (exact) mass is 189 g/mol. The van der Waals surface area contributed by atoms with Gasteiger partial charge in [0.05, 0.1) is 5.52 Å². The summed E-state index contributed by atoms with van der Waals surface area (Å²) in [5.74, 6) is 0. The first-order valence-corrected chi connectivity index (χ1v) is 5.15. The number of aryl methyl sites for hydroxylation is 1. The molecule has 15 heavy (non-hydrogen) atoms. The minimum Gasteiger partial charge on any atom is -0.287 e. The largest absolute Gasteiger partial charge is 1.00 e. The fraction of sp³-hybridized carbons (Fsp3) is 0.231. The van der Waals surface area contributed by atoms with Crippen molar-refractivity contribution in [2.24, 2.45) is 0 Å². The molecular weight excluding hydrogens is 177 g/mol. The zero-order chi connectivity index (χ0) is 9.38. The van der Waals surface area contributed by atoms with Crippen LogP contribution in [0.1, 0.15) is 24.1 Å². The molecule has 0 unspecified atom stereocenters. The SMILES string of the molecule is [Li+].c1ccc2nc3c(cc2c1)CCC[CH-]3. The van der Waals surface area contributed by atoms with Gasteiger partial charge < -0.3 is 0 Å². The Hall–Kier alpha value is -0.903. The summed E-state index contributed by atoms with van der Waals surface area (Å²) in [5, 5.41) is 1.27. The number of benzene rings is 1. The summed E-state index contributed by atoms with van der Waals surface area (Å²) in [6.07, 6.45) is 5.89. The summed E-state index contributed by atoms with van der Waals surface area (Å²) < 4.78 is 0. The molecule has 70 valence electrons. The molecule has 0 amide bonds. The molecule has 3 rings (SSSR count). The van der Waals surface area contributed by atoms with Crippen LogP contribution in [0, 0.1) is 6.42 Å². The summed E-state index contributed by atoms with van der Waals surface area (Å²) >= 11 is 0. The van der Waals surface area contributed by atoms with Gasteiger partial charge in [0, 0.05) is 0 Å². The van der Waals surface area contributed by atoms with Gasteiger partial charge in [0.25, 0.3) is 0 Å². The molecule has 0 saturated heterocycles. The number of nitrogens with zero attached hydrogens (tertiary/aromatic N) is 1. The van der Waals surface area contributed by atoms with E-state index in [1.54, 1.807) is 0 Å². The quantitative estimate of drug-likeness (QED) is 0.424. The Kier molecular flexibility index (Phi) is 3.05. The summed E-state index contributed by atoms with van der Waals surface area (Å²) in [6, 6.07) is 10.6. The van der Waals surface area contributed by atoms with E-state index in [-0.39, 0.29) is 18.9 Å². The Bertz CT molecular complexity index is 434. The van der Waals surface area contributed by atoms with Gasteiger partial charge in [-0.05, 0) is 11.5 Å². The molecule has 0 spiro atoms. The van der Waals surface area contributed by atoms with Crippen molar-refractivity contribution >= 4 is 10.9 Å². The zero-order valence-electron chi connectivity index (χ0n) is 9.03. The average molecular weight is 189 g/mol. The topological polar surface area (TPSA) is 12.9 Å². The smallest absolute Gasteiger partial charge is 0.287 e. The second-order valence-corrected chi connectivity index (χ2v) is 3.82. The van der Waals surface area contributed by atoms with Crippen molar-refractivity contribution in [1.29, 1.82) is 0 Å². The van der Waals surface area contributed by atoms with Crippen LogP contribution in [0.4, 0.5) is 0 Å². The molecule has 0 aliphatic heterocycles. The van der Waals surface area contributed by atoms with E-state index in [1.807, 2.05) is 6.07 Å². The summed E-state index contributed by atoms with van der Waals surface area (Å²) in [6.45, 7) is 0. The van der Waals surface area contributed by atoms with E-state index < -0.39 is 0 Å². The van der Waals surface area contributed by atoms with Crippen LogP contribution in [0.5, 0.6) is 0 Å². The van der Waals surface area contributed by atoms with Gasteiger partial charge in [0.2, 0.25) is 0 Å². The van der Waals surface area contributed by atoms with Gasteiger partial charge in [-0.15, -0.1) is 12.5 Å². The number of hydrogen-bond donors (Lipinski definition) is 0. The van der Waals surface area contributed by atoms with E-state index in [9.17, 15) is 0 Å². The number of hydrogen-bond acceptors (Lipinski definition) is 1. The Balaban J connectivity index is 0.000000853. The Morgan fingerprint density at radius 2 is 2.07 bits per heavy atom. The van der Waals surface area contributed by atoms with Crippen molar-refractivity contribution in [3.63, 3.8) is 0 Å². The summed E-state index contributed by atoms with van der Waals surface area (Å²) in [7, 11) is 0. The normalized spacial score (nSPS) is 13.9. The molecule has 0 N–H and O–H groups in total. The van der Waals surface area contributed by atoms with Gasteiger partial charge in [0.15, 0.2) is 0 Å². The standard InChI is InChI=1S/C13H12N.Li/c1-3-7-12-10(5-1)9-11-6-2-4-8-13(11)14-12;/h1,3,5,7-9H,2,4,6H2;/q-1;+1. The van der Waals surface area contributed by atoms with Gasteiger partial charge in [-0.25, -0.2) is 6.42 Å². The number of pyridine rings is 1. The Labute approximate surface area is 102 Å². The maximum Gasteiger partial charge on any atom is 1.00 e. The van der Waals surface area contributed by atoms with Gasteiger partial charge >= 0.3 is 18.9 Å². The van der Waals surface area contributed by atoms with Crippen molar-refractivity contribution in [1.82, 2.24) is 4.98 Å². The molecule has 2 heteroatoms. The van der Waals surface area contributed by atoms with Crippen molar-refractivity contribution in [3.8, 4) is 0 Å². The molecule has 1 heterocycles. The minimum atomic E-state index is 0. The molecule has 0 saturated carbocycles. The van der Waals surface area contributed by atoms with E-state index in [2.05, 4.69) is 35.7 Å². The molecule has 1 aromatic heterocycles. The average Bonchev–Trinajstić information content (AvgIpc) is 2.26. The van der Waals surface area contributed by atoms with Crippen LogP contribution in [0.2, 0.25) is 0 Å². The molecule has 0 fully saturated rings. The molecular formula is C13H12LiN. The first kappa shape index (κ1) is 10.6. The fourth-order valence-corrected chi connectivity index (χ4v) is 2.08. The van der Waals surface area contributed by atoms with Crippen molar-refractivity contribution in [2.45, 2.75) is 19.3 Å². The second kappa shape index (κ2) is 4.31. The van der Waals surface area contributed by atoms with Crippen LogP contribution in [-0.4, -0.2) is 4.98 Å². The molecule has 1 aromatic carbocycles. The van der Waals surface area contributed by atoms with E-state index >= 15 is 0 Å². The molecule has 0 bridgehead atoms. The van der Waals surface area contributed by atoms with Gasteiger partial charge in [-0.3, -0.25) is 4.98 Å². The summed E-state index contributed by atoms with van der Waals surface area (Å²) in [4.78, 5) is 4.66. The third-order valence-corrected chi connectivity index (χ3v) is 2.82. The first-order chi connectivity index (χ1) is 6.93. The van der Waals surface area contributed by atoms with Crippen LogP contribution in [-0.2, 0) is 6.42 Å². The van der Waals surface area contributed by atoms with Crippen LogP contribution in [0.15, 0.2) is 30.3 Å². The molecule has 1 nitrogen and oxygen atoms in total. The maximum absolute atomic E-state index is 4.66. The summed E-state index contributed by atoms with van der Waals surface area (Å²) in [5.41, 5.74) is 3.73. The van der Waals surface area contributed by atoms with Crippen LogP contribution < -0.4 is 18.9 Å². The Morgan fingerprint density at radius 3 is 3.00 bits per heavy atom. The van der Waals surface area contributed by atoms with Crippen molar-refractivity contribution in [2.75, 3.05) is 0 Å². The maximum atomic E-state index is 4.66. The first-order valence-electron chi connectivity index (χ1n) is 5.15. The van der Waals surface area contributed by atoms with Crippen LogP contribution in [0.3, 0.4) is 0 Å².